The van der Waals surface area contributed by atoms with E-state index in [0.717, 1.165) is 11.3 Å². The molecule has 0 fully saturated rings. The average molecular weight is 553 g/mol. The number of hydrogen-bond donors (Lipinski definition) is 1. The number of ketones is 1. The highest BCUT2D eigenvalue weighted by atomic mass is 32.1. The van der Waals surface area contributed by atoms with Gasteiger partial charge in [-0.15, -0.1) is 11.3 Å². The first kappa shape index (κ1) is 26.8. The van der Waals surface area contributed by atoms with Crippen molar-refractivity contribution in [3.8, 4) is 0 Å². The summed E-state index contributed by atoms with van der Waals surface area (Å²) in [4.78, 5) is 58.6. The highest BCUT2D eigenvalue weighted by Crippen LogP contribution is 2.32. The Morgan fingerprint density at radius 3 is 2.25 bits per heavy atom. The number of para-hydroxylation sites is 1. The maximum Gasteiger partial charge on any atom is 0.299 e. The maximum atomic E-state index is 14.0. The normalized spacial score (nSPS) is 13.1. The maximum absolute atomic E-state index is 14.0. The van der Waals surface area contributed by atoms with Crippen molar-refractivity contribution in [3.63, 3.8) is 0 Å². The van der Waals surface area contributed by atoms with E-state index in [0.29, 0.717) is 16.3 Å². The molecule has 1 N–H and O–H groups in total. The first-order valence-corrected chi connectivity index (χ1v) is 13.6. The van der Waals surface area contributed by atoms with E-state index in [2.05, 4.69) is 5.32 Å². The van der Waals surface area contributed by atoms with E-state index >= 15 is 0 Å². The lowest BCUT2D eigenvalue weighted by Crippen LogP contribution is -2.46. The number of Topliss-reactive ketones (excluding diaryl/α,β-unsaturated/α-hetero) is 1. The minimum atomic E-state index is -0.968. The predicted octanol–water partition coefficient (Wildman–Crippen LogP) is 4.75. The number of hydrogen-bond acceptors (Lipinski definition) is 6. The van der Waals surface area contributed by atoms with Gasteiger partial charge in [-0.25, -0.2) is 0 Å². The van der Waals surface area contributed by atoms with Crippen molar-refractivity contribution in [2.24, 2.45) is 0 Å². The Kier molecular flexibility index (Phi) is 7.75. The molecule has 5 rings (SSSR count). The Morgan fingerprint density at radius 2 is 1.57 bits per heavy atom. The number of benzene rings is 3. The second kappa shape index (κ2) is 11.5. The number of thiophene rings is 1. The second-order valence-electron chi connectivity index (χ2n) is 9.59. The molecule has 202 valence electrons. The zero-order valence-electron chi connectivity index (χ0n) is 22.1. The molecule has 40 heavy (non-hydrogen) atoms. The largest absolute Gasteiger partial charge is 0.378 e. The van der Waals surface area contributed by atoms with Crippen LogP contribution in [0.1, 0.15) is 26.8 Å². The SMILES string of the molecule is CN(C)c1ccc(NC(=O)C(c2cccs2)N(Cc2ccccc2)C(=O)CN2C(=O)C(=O)c3ccccc32)cc1. The van der Waals surface area contributed by atoms with Crippen LogP contribution in [0.3, 0.4) is 0 Å². The molecule has 0 radical (unpaired) electrons. The Labute approximate surface area is 236 Å². The first-order chi connectivity index (χ1) is 19.3. The van der Waals surface area contributed by atoms with Crippen LogP contribution in [-0.2, 0) is 20.9 Å². The molecule has 1 aliphatic heterocycles. The topological polar surface area (TPSA) is 90.0 Å². The van der Waals surface area contributed by atoms with Crippen molar-refractivity contribution in [1.29, 1.82) is 0 Å². The fourth-order valence-corrected chi connectivity index (χ4v) is 5.49. The Balaban J connectivity index is 1.48. The molecule has 0 bridgehead atoms. The van der Waals surface area contributed by atoms with Crippen LogP contribution in [0.2, 0.25) is 0 Å². The number of carbonyl (C=O) groups excluding carboxylic acids is 4. The number of nitrogens with one attached hydrogen (secondary N) is 1. The number of carbonyl (C=O) groups is 4. The smallest absolute Gasteiger partial charge is 0.299 e. The van der Waals surface area contributed by atoms with E-state index in [-0.39, 0.29) is 24.6 Å². The fraction of sp³-hybridized carbons (Fsp3) is 0.161. The van der Waals surface area contributed by atoms with Gasteiger partial charge in [0.05, 0.1) is 11.3 Å². The van der Waals surface area contributed by atoms with Gasteiger partial charge in [0.2, 0.25) is 5.91 Å². The van der Waals surface area contributed by atoms with Gasteiger partial charge in [-0.1, -0.05) is 48.5 Å². The van der Waals surface area contributed by atoms with Crippen LogP contribution in [0, 0.1) is 0 Å². The minimum absolute atomic E-state index is 0.132. The third-order valence-corrected chi connectivity index (χ3v) is 7.64. The van der Waals surface area contributed by atoms with Gasteiger partial charge >= 0.3 is 0 Å². The van der Waals surface area contributed by atoms with E-state index in [1.807, 2.05) is 91.1 Å². The Bertz CT molecular complexity index is 1540. The van der Waals surface area contributed by atoms with Gasteiger partial charge in [-0.3, -0.25) is 24.1 Å². The van der Waals surface area contributed by atoms with Crippen LogP contribution in [0.25, 0.3) is 0 Å². The molecule has 1 aliphatic rings. The third-order valence-electron chi connectivity index (χ3n) is 6.71. The van der Waals surface area contributed by atoms with Crippen molar-refractivity contribution in [3.05, 3.63) is 112 Å². The molecule has 3 amide bonds. The summed E-state index contributed by atoms with van der Waals surface area (Å²) in [5, 5.41) is 4.82. The molecule has 1 atom stereocenters. The van der Waals surface area contributed by atoms with Crippen LogP contribution < -0.4 is 15.1 Å². The van der Waals surface area contributed by atoms with Gasteiger partial charge in [0.1, 0.15) is 12.6 Å². The Morgan fingerprint density at radius 1 is 0.875 bits per heavy atom. The van der Waals surface area contributed by atoms with E-state index in [9.17, 15) is 19.2 Å². The fourth-order valence-electron chi connectivity index (χ4n) is 4.66. The van der Waals surface area contributed by atoms with Crippen LogP contribution in [0.5, 0.6) is 0 Å². The highest BCUT2D eigenvalue weighted by molar-refractivity contribution is 7.10. The van der Waals surface area contributed by atoms with Crippen LogP contribution in [0.4, 0.5) is 17.1 Å². The van der Waals surface area contributed by atoms with Crippen LogP contribution in [-0.4, -0.2) is 49.0 Å². The van der Waals surface area contributed by atoms with E-state index in [4.69, 9.17) is 0 Å². The molecular weight excluding hydrogens is 524 g/mol. The highest BCUT2D eigenvalue weighted by Gasteiger charge is 2.39. The van der Waals surface area contributed by atoms with Crippen molar-refractivity contribution < 1.29 is 19.2 Å². The lowest BCUT2D eigenvalue weighted by molar-refractivity contribution is -0.138. The molecule has 8 nitrogen and oxygen atoms in total. The average Bonchev–Trinajstić information content (AvgIpc) is 3.57. The summed E-state index contributed by atoms with van der Waals surface area (Å²) in [5.41, 5.74) is 3.06. The van der Waals surface area contributed by atoms with Crippen LogP contribution >= 0.6 is 11.3 Å². The van der Waals surface area contributed by atoms with Gasteiger partial charge in [-0.05, 0) is 53.4 Å². The van der Waals surface area contributed by atoms with E-state index in [1.165, 1.54) is 21.1 Å². The quantitative estimate of drug-likeness (QED) is 0.303. The first-order valence-electron chi connectivity index (χ1n) is 12.7. The summed E-state index contributed by atoms with van der Waals surface area (Å²) < 4.78 is 0. The molecule has 1 unspecified atom stereocenters. The van der Waals surface area contributed by atoms with Gasteiger partial charge in [0.25, 0.3) is 17.6 Å². The molecule has 2 heterocycles. The third kappa shape index (κ3) is 5.50. The lowest BCUT2D eigenvalue weighted by atomic mass is 10.1. The minimum Gasteiger partial charge on any atom is -0.378 e. The zero-order valence-corrected chi connectivity index (χ0v) is 22.9. The standard InChI is InChI=1S/C31H28N4O4S/c1-33(2)23-16-14-22(15-17-23)32-30(38)28(26-13-8-18-40-26)35(19-21-9-4-3-5-10-21)27(36)20-34-25-12-7-6-11-24(25)29(37)31(34)39/h3-18,28H,19-20H2,1-2H3,(H,32,38). The van der Waals surface area contributed by atoms with Crippen LogP contribution in [0.15, 0.2) is 96.4 Å². The second-order valence-corrected chi connectivity index (χ2v) is 10.6. The predicted molar refractivity (Wildman–Crippen MR) is 157 cm³/mol. The lowest BCUT2D eigenvalue weighted by Gasteiger charge is -2.32. The summed E-state index contributed by atoms with van der Waals surface area (Å²) in [5.74, 6) is -2.24. The summed E-state index contributed by atoms with van der Waals surface area (Å²) in [7, 11) is 3.87. The zero-order chi connectivity index (χ0) is 28.2. The summed E-state index contributed by atoms with van der Waals surface area (Å²) in [6.07, 6.45) is 0. The van der Waals surface area contributed by atoms with Crippen molar-refractivity contribution in [2.75, 3.05) is 35.8 Å². The Hall–Kier alpha value is -4.76. The van der Waals surface area contributed by atoms with Gasteiger partial charge in [0, 0.05) is 36.9 Å². The molecule has 0 saturated heterocycles. The molecule has 1 aromatic heterocycles. The van der Waals surface area contributed by atoms with Gasteiger partial charge in [-0.2, -0.15) is 0 Å². The number of rotatable bonds is 9. The summed E-state index contributed by atoms with van der Waals surface area (Å²) in [6.45, 7) is -0.242. The molecular formula is C31H28N4O4S. The number of anilines is 3. The monoisotopic (exact) mass is 552 g/mol. The molecule has 0 spiro atoms. The summed E-state index contributed by atoms with van der Waals surface area (Å²) >= 11 is 1.37. The van der Waals surface area contributed by atoms with Gasteiger partial charge in [0.15, 0.2) is 0 Å². The molecule has 3 aromatic carbocycles. The van der Waals surface area contributed by atoms with Gasteiger partial charge < -0.3 is 15.1 Å². The molecule has 0 saturated carbocycles. The summed E-state index contributed by atoms with van der Waals surface area (Å²) in [6, 6.07) is 26.1. The molecule has 4 aromatic rings. The van der Waals surface area contributed by atoms with E-state index in [1.54, 1.807) is 24.3 Å². The number of amides is 3. The van der Waals surface area contributed by atoms with Crippen molar-refractivity contribution >= 4 is 51.9 Å². The molecule has 9 heteroatoms. The van der Waals surface area contributed by atoms with E-state index < -0.39 is 23.6 Å². The van der Waals surface area contributed by atoms with Crippen molar-refractivity contribution in [1.82, 2.24) is 4.90 Å². The van der Waals surface area contributed by atoms with Crippen molar-refractivity contribution in [2.45, 2.75) is 12.6 Å². The number of fused-ring (bicyclic) bond motifs is 1. The molecule has 0 aliphatic carbocycles. The number of nitrogens with zero attached hydrogens (tertiary/aromatic N) is 3.